The maximum Gasteiger partial charge on any atom is 0.268 e. The summed E-state index contributed by atoms with van der Waals surface area (Å²) in [6, 6.07) is 25.4. The Morgan fingerprint density at radius 2 is 1.74 bits per heavy atom. The predicted octanol–water partition coefficient (Wildman–Crippen LogP) is 5.82. The molecule has 2 aromatic heterocycles. The summed E-state index contributed by atoms with van der Waals surface area (Å²) in [6.07, 6.45) is 0.0676. The Labute approximate surface area is 233 Å². The number of primary amides is 1. The van der Waals surface area contributed by atoms with Crippen LogP contribution in [0.25, 0.3) is 21.5 Å². The van der Waals surface area contributed by atoms with Crippen LogP contribution in [-0.2, 0) is 11.3 Å². The minimum atomic E-state index is -0.471. The molecular weight excluding hydrogens is 534 g/mol. The number of carbonyl (C=O) groups is 3. The Morgan fingerprint density at radius 1 is 1.00 bits per heavy atom. The third-order valence-electron chi connectivity index (χ3n) is 6.22. The summed E-state index contributed by atoms with van der Waals surface area (Å²) >= 11 is 7.64. The number of aromatic nitrogens is 2. The third kappa shape index (κ3) is 5.55. The SMILES string of the molecule is CN(C(=O)c1ccccc1)c1ccc2c(c1)nc(NC(=O)c1ccc(-c3ccccc3Cl)s1)n2CCC(N)=O. The molecule has 0 spiro atoms. The number of nitrogens with zero attached hydrogens (tertiary/aromatic N) is 3. The second kappa shape index (κ2) is 11.1. The first-order valence-electron chi connectivity index (χ1n) is 12.1. The molecule has 0 radical (unpaired) electrons. The topological polar surface area (TPSA) is 110 Å². The molecule has 5 aromatic rings. The fourth-order valence-corrected chi connectivity index (χ4v) is 5.43. The van der Waals surface area contributed by atoms with Gasteiger partial charge in [-0.3, -0.25) is 19.7 Å². The smallest absolute Gasteiger partial charge is 0.268 e. The van der Waals surface area contributed by atoms with E-state index in [0.717, 1.165) is 10.4 Å². The van der Waals surface area contributed by atoms with Crippen LogP contribution >= 0.6 is 22.9 Å². The summed E-state index contributed by atoms with van der Waals surface area (Å²) in [5, 5.41) is 3.48. The van der Waals surface area contributed by atoms with Gasteiger partial charge in [-0.2, -0.15) is 0 Å². The van der Waals surface area contributed by atoms with E-state index in [0.29, 0.717) is 32.2 Å². The van der Waals surface area contributed by atoms with E-state index in [9.17, 15) is 14.4 Å². The molecule has 3 N–H and O–H groups in total. The summed E-state index contributed by atoms with van der Waals surface area (Å²) in [7, 11) is 1.69. The van der Waals surface area contributed by atoms with Gasteiger partial charge in [0.2, 0.25) is 11.9 Å². The van der Waals surface area contributed by atoms with Crippen LogP contribution < -0.4 is 16.0 Å². The zero-order valence-corrected chi connectivity index (χ0v) is 22.5. The predicted molar refractivity (Wildman–Crippen MR) is 155 cm³/mol. The molecule has 0 bridgehead atoms. The number of halogens is 1. The van der Waals surface area contributed by atoms with Crippen molar-refractivity contribution in [3.63, 3.8) is 0 Å². The average molecular weight is 558 g/mol. The Bertz CT molecular complexity index is 1700. The van der Waals surface area contributed by atoms with Gasteiger partial charge in [-0.25, -0.2) is 4.98 Å². The summed E-state index contributed by atoms with van der Waals surface area (Å²) in [6.45, 7) is 0.231. The van der Waals surface area contributed by atoms with Gasteiger partial charge in [0, 0.05) is 46.7 Å². The number of nitrogens with one attached hydrogen (secondary N) is 1. The molecule has 39 heavy (non-hydrogen) atoms. The molecule has 5 rings (SSSR count). The number of amides is 3. The molecule has 0 atom stereocenters. The van der Waals surface area contributed by atoms with Crippen molar-refractivity contribution in [1.82, 2.24) is 9.55 Å². The van der Waals surface area contributed by atoms with Crippen molar-refractivity contribution < 1.29 is 14.4 Å². The number of hydrogen-bond donors (Lipinski definition) is 2. The van der Waals surface area contributed by atoms with E-state index in [1.54, 1.807) is 48.0 Å². The van der Waals surface area contributed by atoms with E-state index in [1.807, 2.05) is 48.5 Å². The first-order chi connectivity index (χ1) is 18.8. The average Bonchev–Trinajstić information content (AvgIpc) is 3.56. The highest BCUT2D eigenvalue weighted by Gasteiger charge is 2.19. The lowest BCUT2D eigenvalue weighted by atomic mass is 10.2. The third-order valence-corrected chi connectivity index (χ3v) is 7.67. The lowest BCUT2D eigenvalue weighted by Crippen LogP contribution is -2.26. The molecule has 3 amide bonds. The van der Waals surface area contributed by atoms with Gasteiger partial charge in [0.25, 0.3) is 11.8 Å². The number of fused-ring (bicyclic) bond motifs is 1. The second-order valence-electron chi connectivity index (χ2n) is 8.80. The molecule has 0 aliphatic heterocycles. The summed E-state index contributed by atoms with van der Waals surface area (Å²) < 4.78 is 1.74. The number of carbonyl (C=O) groups excluding carboxylic acids is 3. The number of aryl methyl sites for hydroxylation is 1. The molecule has 10 heteroatoms. The molecular formula is C29H24ClN5O3S. The van der Waals surface area contributed by atoms with Crippen molar-refractivity contribution in [2.75, 3.05) is 17.3 Å². The van der Waals surface area contributed by atoms with E-state index in [-0.39, 0.29) is 30.7 Å². The first-order valence-corrected chi connectivity index (χ1v) is 13.3. The molecule has 0 aliphatic rings. The van der Waals surface area contributed by atoms with Crippen LogP contribution in [0.15, 0.2) is 84.9 Å². The molecule has 0 fully saturated rings. The van der Waals surface area contributed by atoms with Crippen molar-refractivity contribution in [1.29, 1.82) is 0 Å². The lowest BCUT2D eigenvalue weighted by Gasteiger charge is -2.17. The molecule has 196 valence electrons. The normalized spacial score (nSPS) is 10.9. The van der Waals surface area contributed by atoms with Crippen LogP contribution in [0.3, 0.4) is 0 Å². The lowest BCUT2D eigenvalue weighted by molar-refractivity contribution is -0.118. The highest BCUT2D eigenvalue weighted by Crippen LogP contribution is 2.34. The Kier molecular flexibility index (Phi) is 7.44. The quantitative estimate of drug-likeness (QED) is 0.250. The zero-order valence-electron chi connectivity index (χ0n) is 20.9. The number of imidazole rings is 1. The first kappa shape index (κ1) is 26.1. The molecule has 2 heterocycles. The minimum Gasteiger partial charge on any atom is -0.370 e. The molecule has 0 unspecified atom stereocenters. The molecule has 8 nitrogen and oxygen atoms in total. The number of anilines is 2. The maximum atomic E-state index is 13.2. The van der Waals surface area contributed by atoms with Crippen molar-refractivity contribution in [2.24, 2.45) is 5.73 Å². The van der Waals surface area contributed by atoms with Crippen LogP contribution in [0.5, 0.6) is 0 Å². The minimum absolute atomic E-state index is 0.0676. The highest BCUT2D eigenvalue weighted by molar-refractivity contribution is 7.17. The molecule has 3 aromatic carbocycles. The number of rotatable bonds is 8. The van der Waals surface area contributed by atoms with Gasteiger partial charge < -0.3 is 15.2 Å². The van der Waals surface area contributed by atoms with E-state index in [1.165, 1.54) is 16.2 Å². The van der Waals surface area contributed by atoms with Gasteiger partial charge in [0.05, 0.1) is 15.9 Å². The maximum absolute atomic E-state index is 13.2. The van der Waals surface area contributed by atoms with E-state index in [2.05, 4.69) is 10.3 Å². The van der Waals surface area contributed by atoms with Crippen molar-refractivity contribution in [3.05, 3.63) is 100 Å². The van der Waals surface area contributed by atoms with Crippen molar-refractivity contribution in [2.45, 2.75) is 13.0 Å². The van der Waals surface area contributed by atoms with Crippen molar-refractivity contribution >= 4 is 63.3 Å². The van der Waals surface area contributed by atoms with E-state index in [4.69, 9.17) is 17.3 Å². The number of benzene rings is 3. The van der Waals surface area contributed by atoms with Crippen LogP contribution in [0.4, 0.5) is 11.6 Å². The Morgan fingerprint density at radius 3 is 2.49 bits per heavy atom. The Hall–Kier alpha value is -4.47. The van der Waals surface area contributed by atoms with Gasteiger partial charge in [0.15, 0.2) is 0 Å². The fraction of sp³-hybridized carbons (Fsp3) is 0.103. The van der Waals surface area contributed by atoms with Gasteiger partial charge in [0.1, 0.15) is 0 Å². The van der Waals surface area contributed by atoms with E-state index >= 15 is 0 Å². The molecule has 0 saturated carbocycles. The van der Waals surface area contributed by atoms with E-state index < -0.39 is 5.91 Å². The number of hydrogen-bond acceptors (Lipinski definition) is 5. The fourth-order valence-electron chi connectivity index (χ4n) is 4.19. The zero-order chi connectivity index (χ0) is 27.5. The number of thiophene rings is 1. The molecule has 0 saturated heterocycles. The largest absolute Gasteiger partial charge is 0.370 e. The van der Waals surface area contributed by atoms with Crippen molar-refractivity contribution in [3.8, 4) is 10.4 Å². The molecule has 0 aliphatic carbocycles. The van der Waals surface area contributed by atoms with Gasteiger partial charge >= 0.3 is 0 Å². The van der Waals surface area contributed by atoms with Crippen LogP contribution in [0.1, 0.15) is 26.5 Å². The second-order valence-corrected chi connectivity index (χ2v) is 10.3. The number of nitrogens with two attached hydrogens (primary N) is 1. The van der Waals surface area contributed by atoms with Crippen LogP contribution in [0, 0.1) is 0 Å². The summed E-state index contributed by atoms with van der Waals surface area (Å²) in [5.41, 5.74) is 8.70. The van der Waals surface area contributed by atoms with Gasteiger partial charge in [-0.15, -0.1) is 11.3 Å². The van der Waals surface area contributed by atoms with Crippen LogP contribution in [0.2, 0.25) is 5.02 Å². The van der Waals surface area contributed by atoms with Gasteiger partial charge in [-0.05, 0) is 48.5 Å². The monoisotopic (exact) mass is 557 g/mol. The van der Waals surface area contributed by atoms with Gasteiger partial charge in [-0.1, -0.05) is 48.0 Å². The summed E-state index contributed by atoms with van der Waals surface area (Å²) in [4.78, 5) is 45.2. The van der Waals surface area contributed by atoms with Crippen LogP contribution in [-0.4, -0.2) is 34.3 Å². The standard InChI is InChI=1S/C29H24ClN5O3S/c1-34(28(38)18-7-3-2-4-8-18)19-11-12-23-22(17-19)32-29(35(23)16-15-26(31)36)33-27(37)25-14-13-24(39-25)20-9-5-6-10-21(20)30/h2-14,17H,15-16H2,1H3,(H2,31,36)(H,32,33,37). The Balaban J connectivity index is 1.45. The highest BCUT2D eigenvalue weighted by atomic mass is 35.5. The summed E-state index contributed by atoms with van der Waals surface area (Å²) in [5.74, 6) is -0.700.